The Morgan fingerprint density at radius 1 is 1.00 bits per heavy atom. The fraction of sp³-hybridized carbons (Fsp3) is 0.118. The molecule has 2 nitrogen and oxygen atoms in total. The van der Waals surface area contributed by atoms with Crippen molar-refractivity contribution in [2.75, 3.05) is 11.1 Å². The SMILES string of the molecule is c1ccc2c(c1)SCC2Nc1cccc2cccnc12. The topological polar surface area (TPSA) is 24.9 Å². The number of para-hydroxylation sites is 1. The van der Waals surface area contributed by atoms with Gasteiger partial charge < -0.3 is 5.32 Å². The molecule has 1 aliphatic rings. The zero-order valence-electron chi connectivity index (χ0n) is 10.9. The van der Waals surface area contributed by atoms with Crippen molar-refractivity contribution in [3.63, 3.8) is 0 Å². The summed E-state index contributed by atoms with van der Waals surface area (Å²) in [6, 6.07) is 19.4. The molecule has 1 N–H and O–H groups in total. The molecule has 2 heterocycles. The Hall–Kier alpha value is -2.00. The maximum absolute atomic E-state index is 4.51. The second-order valence-corrected chi connectivity index (χ2v) is 5.99. The van der Waals surface area contributed by atoms with Gasteiger partial charge >= 0.3 is 0 Å². The summed E-state index contributed by atoms with van der Waals surface area (Å²) in [4.78, 5) is 5.90. The molecule has 2 aromatic carbocycles. The van der Waals surface area contributed by atoms with Crippen LogP contribution in [0.4, 0.5) is 5.69 Å². The minimum Gasteiger partial charge on any atom is -0.376 e. The highest BCUT2D eigenvalue weighted by Gasteiger charge is 2.22. The summed E-state index contributed by atoms with van der Waals surface area (Å²) in [7, 11) is 0. The van der Waals surface area contributed by atoms with E-state index in [1.54, 1.807) is 0 Å². The number of anilines is 1. The summed E-state index contributed by atoms with van der Waals surface area (Å²) in [5.41, 5.74) is 3.56. The number of aromatic nitrogens is 1. The summed E-state index contributed by atoms with van der Waals surface area (Å²) in [6.45, 7) is 0. The number of benzene rings is 2. The molecule has 0 radical (unpaired) electrons. The fourth-order valence-electron chi connectivity index (χ4n) is 2.69. The van der Waals surface area contributed by atoms with E-state index in [-0.39, 0.29) is 0 Å². The highest BCUT2D eigenvalue weighted by molar-refractivity contribution is 7.99. The van der Waals surface area contributed by atoms with Crippen LogP contribution in [0.2, 0.25) is 0 Å². The maximum atomic E-state index is 4.51. The van der Waals surface area contributed by atoms with E-state index in [0.717, 1.165) is 17.0 Å². The van der Waals surface area contributed by atoms with Gasteiger partial charge in [-0.25, -0.2) is 0 Å². The lowest BCUT2D eigenvalue weighted by molar-refractivity contribution is 0.901. The van der Waals surface area contributed by atoms with Gasteiger partial charge in [-0.3, -0.25) is 4.98 Å². The summed E-state index contributed by atoms with van der Waals surface area (Å²) in [6.07, 6.45) is 1.85. The number of nitrogens with one attached hydrogen (secondary N) is 1. The number of thioether (sulfide) groups is 1. The van der Waals surface area contributed by atoms with E-state index in [2.05, 4.69) is 58.8 Å². The Bertz CT molecular complexity index is 764. The third-order valence-corrected chi connectivity index (χ3v) is 4.85. The third kappa shape index (κ3) is 1.95. The Morgan fingerprint density at radius 2 is 1.90 bits per heavy atom. The second-order valence-electron chi connectivity index (χ2n) is 4.93. The molecule has 1 aliphatic heterocycles. The number of hydrogen-bond acceptors (Lipinski definition) is 3. The number of hydrogen-bond donors (Lipinski definition) is 1. The van der Waals surface area contributed by atoms with Gasteiger partial charge in [-0.15, -0.1) is 11.8 Å². The van der Waals surface area contributed by atoms with Crippen molar-refractivity contribution < 1.29 is 0 Å². The molecule has 1 aromatic heterocycles. The van der Waals surface area contributed by atoms with E-state index in [1.165, 1.54) is 15.8 Å². The number of nitrogens with zero attached hydrogens (tertiary/aromatic N) is 1. The summed E-state index contributed by atoms with van der Waals surface area (Å²) >= 11 is 1.92. The molecule has 20 heavy (non-hydrogen) atoms. The highest BCUT2D eigenvalue weighted by atomic mass is 32.2. The maximum Gasteiger partial charge on any atom is 0.0933 e. The minimum atomic E-state index is 0.365. The zero-order valence-corrected chi connectivity index (χ0v) is 11.7. The number of rotatable bonds is 2. The number of pyridine rings is 1. The molecule has 0 fully saturated rings. The zero-order chi connectivity index (χ0) is 13.4. The van der Waals surface area contributed by atoms with Crippen LogP contribution in [0.1, 0.15) is 11.6 Å². The summed E-state index contributed by atoms with van der Waals surface area (Å²) in [5, 5.41) is 4.83. The second kappa shape index (κ2) is 4.84. The average molecular weight is 278 g/mol. The molecule has 98 valence electrons. The lowest BCUT2D eigenvalue weighted by Gasteiger charge is -2.16. The molecule has 3 aromatic rings. The van der Waals surface area contributed by atoms with Crippen molar-refractivity contribution in [1.29, 1.82) is 0 Å². The van der Waals surface area contributed by atoms with Crippen LogP contribution >= 0.6 is 11.8 Å². The van der Waals surface area contributed by atoms with Crippen molar-refractivity contribution >= 4 is 28.4 Å². The van der Waals surface area contributed by atoms with E-state index in [9.17, 15) is 0 Å². The first kappa shape index (κ1) is 11.8. The first-order chi connectivity index (χ1) is 9.92. The van der Waals surface area contributed by atoms with Crippen LogP contribution in [0.15, 0.2) is 65.7 Å². The van der Waals surface area contributed by atoms with Crippen LogP contribution in [0.3, 0.4) is 0 Å². The molecule has 0 saturated heterocycles. The molecule has 1 atom stereocenters. The van der Waals surface area contributed by atoms with Crippen molar-refractivity contribution in [3.05, 3.63) is 66.4 Å². The van der Waals surface area contributed by atoms with Crippen molar-refractivity contribution in [3.8, 4) is 0 Å². The monoisotopic (exact) mass is 278 g/mol. The van der Waals surface area contributed by atoms with Gasteiger partial charge in [-0.1, -0.05) is 36.4 Å². The predicted octanol–water partition coefficient (Wildman–Crippen LogP) is 4.49. The summed E-state index contributed by atoms with van der Waals surface area (Å²) < 4.78 is 0. The van der Waals surface area contributed by atoms with Crippen molar-refractivity contribution in [2.45, 2.75) is 10.9 Å². The van der Waals surface area contributed by atoms with Gasteiger partial charge in [-0.2, -0.15) is 0 Å². The van der Waals surface area contributed by atoms with Crippen LogP contribution in [-0.4, -0.2) is 10.7 Å². The Kier molecular flexibility index (Phi) is 2.85. The molecule has 4 rings (SSSR count). The van der Waals surface area contributed by atoms with E-state index in [1.807, 2.05) is 24.0 Å². The first-order valence-electron chi connectivity index (χ1n) is 6.74. The van der Waals surface area contributed by atoms with Gasteiger partial charge in [0.15, 0.2) is 0 Å². The molecular formula is C17H14N2S. The first-order valence-corrected chi connectivity index (χ1v) is 7.72. The lowest BCUT2D eigenvalue weighted by Crippen LogP contribution is -2.10. The largest absolute Gasteiger partial charge is 0.376 e. The molecular weight excluding hydrogens is 264 g/mol. The van der Waals surface area contributed by atoms with E-state index >= 15 is 0 Å². The van der Waals surface area contributed by atoms with Gasteiger partial charge in [-0.05, 0) is 23.8 Å². The molecule has 0 aliphatic carbocycles. The molecule has 0 spiro atoms. The third-order valence-electron chi connectivity index (χ3n) is 3.66. The smallest absolute Gasteiger partial charge is 0.0933 e. The summed E-state index contributed by atoms with van der Waals surface area (Å²) in [5.74, 6) is 1.07. The van der Waals surface area contributed by atoms with Crippen molar-refractivity contribution in [2.24, 2.45) is 0 Å². The normalized spacial score (nSPS) is 17.1. The lowest BCUT2D eigenvalue weighted by atomic mass is 10.1. The Morgan fingerprint density at radius 3 is 2.90 bits per heavy atom. The van der Waals surface area contributed by atoms with Crippen LogP contribution in [0.5, 0.6) is 0 Å². The van der Waals surface area contributed by atoms with Gasteiger partial charge in [0.05, 0.1) is 17.2 Å². The molecule has 0 bridgehead atoms. The fourth-order valence-corrected chi connectivity index (χ4v) is 3.85. The van der Waals surface area contributed by atoms with Gasteiger partial charge in [0.25, 0.3) is 0 Å². The average Bonchev–Trinajstić information content (AvgIpc) is 2.91. The van der Waals surface area contributed by atoms with Crippen LogP contribution in [0, 0.1) is 0 Å². The van der Waals surface area contributed by atoms with Crippen molar-refractivity contribution in [1.82, 2.24) is 4.98 Å². The minimum absolute atomic E-state index is 0.365. The predicted molar refractivity (Wildman–Crippen MR) is 85.3 cm³/mol. The van der Waals surface area contributed by atoms with Gasteiger partial charge in [0.2, 0.25) is 0 Å². The van der Waals surface area contributed by atoms with E-state index in [0.29, 0.717) is 6.04 Å². The molecule has 3 heteroatoms. The Balaban J connectivity index is 1.73. The molecule has 1 unspecified atom stereocenters. The number of fused-ring (bicyclic) bond motifs is 2. The van der Waals surface area contributed by atoms with Gasteiger partial charge in [0, 0.05) is 22.2 Å². The molecule has 0 saturated carbocycles. The van der Waals surface area contributed by atoms with Crippen LogP contribution in [-0.2, 0) is 0 Å². The van der Waals surface area contributed by atoms with Crippen LogP contribution < -0.4 is 5.32 Å². The Labute approximate surface area is 122 Å². The van der Waals surface area contributed by atoms with Gasteiger partial charge in [0.1, 0.15) is 0 Å². The van der Waals surface area contributed by atoms with Crippen LogP contribution in [0.25, 0.3) is 10.9 Å². The standard InChI is InChI=1S/C17H14N2S/c1-2-9-16-13(7-1)15(11-20-16)19-14-8-3-5-12-6-4-10-18-17(12)14/h1-10,15,19H,11H2. The molecule has 0 amide bonds. The quantitative estimate of drug-likeness (QED) is 0.747. The van der Waals surface area contributed by atoms with E-state index in [4.69, 9.17) is 0 Å². The van der Waals surface area contributed by atoms with E-state index < -0.39 is 0 Å². The highest BCUT2D eigenvalue weighted by Crippen LogP contribution is 2.40.